The first-order chi connectivity index (χ1) is 11.7. The van der Waals surface area contributed by atoms with Gasteiger partial charge in [-0.2, -0.15) is 0 Å². The maximum atomic E-state index is 12.5. The Morgan fingerprint density at radius 3 is 2.76 bits per heavy atom. The van der Waals surface area contributed by atoms with Crippen molar-refractivity contribution in [1.82, 2.24) is 0 Å². The second-order valence-electron chi connectivity index (χ2n) is 8.04. The van der Waals surface area contributed by atoms with Gasteiger partial charge in [-0.3, -0.25) is 0 Å². The molecular weight excluding hydrogens is 320 g/mol. The molecule has 5 heteroatoms. The summed E-state index contributed by atoms with van der Waals surface area (Å²) in [5, 5.41) is 11.5. The van der Waals surface area contributed by atoms with Crippen LogP contribution in [-0.2, 0) is 19.1 Å². The Balaban J connectivity index is 2.12. The molecule has 3 aliphatic rings. The summed E-state index contributed by atoms with van der Waals surface area (Å²) in [5.41, 5.74) is 0.112. The number of aliphatic hydroxyl groups is 1. The fourth-order valence-electron chi connectivity index (χ4n) is 4.84. The number of carbonyl (C=O) groups excluding carboxylic acids is 2. The summed E-state index contributed by atoms with van der Waals surface area (Å²) in [7, 11) is 0. The average Bonchev–Trinajstić information content (AvgIpc) is 2.83. The first-order valence-corrected chi connectivity index (χ1v) is 9.13. The van der Waals surface area contributed by atoms with Crippen LogP contribution < -0.4 is 0 Å². The number of hydrogen-bond acceptors (Lipinski definition) is 5. The molecular formula is C20H28O5. The van der Waals surface area contributed by atoms with E-state index in [0.29, 0.717) is 24.0 Å². The van der Waals surface area contributed by atoms with Gasteiger partial charge in [0.1, 0.15) is 12.2 Å². The molecule has 5 atom stereocenters. The van der Waals surface area contributed by atoms with Crippen LogP contribution in [0.2, 0.25) is 0 Å². The zero-order valence-electron chi connectivity index (χ0n) is 15.7. The van der Waals surface area contributed by atoms with Crippen molar-refractivity contribution in [3.63, 3.8) is 0 Å². The van der Waals surface area contributed by atoms with E-state index >= 15 is 0 Å². The molecule has 1 aliphatic heterocycles. The van der Waals surface area contributed by atoms with Gasteiger partial charge < -0.3 is 14.6 Å². The van der Waals surface area contributed by atoms with Crippen LogP contribution in [0.5, 0.6) is 0 Å². The summed E-state index contributed by atoms with van der Waals surface area (Å²) in [5.74, 6) is -0.622. The first kappa shape index (κ1) is 18.2. The van der Waals surface area contributed by atoms with Gasteiger partial charge in [-0.25, -0.2) is 9.59 Å². The number of carbonyl (C=O) groups is 2. The molecule has 2 aliphatic carbocycles. The van der Waals surface area contributed by atoms with E-state index in [1.807, 2.05) is 6.92 Å². The van der Waals surface area contributed by atoms with Crippen LogP contribution in [0.15, 0.2) is 22.8 Å². The maximum Gasteiger partial charge on any atom is 0.334 e. The second kappa shape index (κ2) is 5.97. The van der Waals surface area contributed by atoms with Crippen molar-refractivity contribution in [3.8, 4) is 0 Å². The summed E-state index contributed by atoms with van der Waals surface area (Å²) in [4.78, 5) is 24.7. The number of rotatable bonds is 2. The lowest BCUT2D eigenvalue weighted by Crippen LogP contribution is -2.65. The van der Waals surface area contributed by atoms with Crippen molar-refractivity contribution in [2.45, 2.75) is 78.1 Å². The van der Waals surface area contributed by atoms with Gasteiger partial charge in [-0.15, -0.1) is 0 Å². The SMILES string of the molecule is C/C=C(/C)C(=O)O[C@H]1C2=C(C)C(=O)O[C@@H]2C[C@]2(O)CCC[C@@H](C)[C@]12C. The number of allylic oxidation sites excluding steroid dienone is 1. The normalized spacial score (nSPS) is 41.1. The van der Waals surface area contributed by atoms with Crippen LogP contribution in [0.4, 0.5) is 0 Å². The molecule has 0 spiro atoms. The molecule has 0 unspecified atom stereocenters. The third-order valence-corrected chi connectivity index (χ3v) is 6.92. The van der Waals surface area contributed by atoms with Gasteiger partial charge in [0.15, 0.2) is 0 Å². The molecule has 0 bridgehead atoms. The van der Waals surface area contributed by atoms with Crippen molar-refractivity contribution in [3.05, 3.63) is 22.8 Å². The zero-order chi connectivity index (χ0) is 18.6. The molecule has 0 aromatic heterocycles. The van der Waals surface area contributed by atoms with Crippen LogP contribution >= 0.6 is 0 Å². The quantitative estimate of drug-likeness (QED) is 0.613. The van der Waals surface area contributed by atoms with Crippen molar-refractivity contribution in [2.75, 3.05) is 0 Å². The van der Waals surface area contributed by atoms with E-state index < -0.39 is 29.2 Å². The Bertz CT molecular complexity index is 676. The van der Waals surface area contributed by atoms with Crippen molar-refractivity contribution >= 4 is 11.9 Å². The molecule has 1 N–H and O–H groups in total. The fraction of sp³-hybridized carbons (Fsp3) is 0.700. The Morgan fingerprint density at radius 1 is 1.44 bits per heavy atom. The highest BCUT2D eigenvalue weighted by Gasteiger charge is 2.65. The lowest BCUT2D eigenvalue weighted by atomic mass is 9.50. The lowest BCUT2D eigenvalue weighted by Gasteiger charge is -2.59. The third-order valence-electron chi connectivity index (χ3n) is 6.92. The zero-order valence-corrected chi connectivity index (χ0v) is 15.7. The molecule has 0 saturated heterocycles. The minimum Gasteiger partial charge on any atom is -0.454 e. The van der Waals surface area contributed by atoms with E-state index in [1.165, 1.54) is 0 Å². The van der Waals surface area contributed by atoms with E-state index in [0.717, 1.165) is 18.4 Å². The Kier molecular flexibility index (Phi) is 4.34. The van der Waals surface area contributed by atoms with Crippen LogP contribution in [0.3, 0.4) is 0 Å². The van der Waals surface area contributed by atoms with Crippen LogP contribution in [0.1, 0.15) is 60.3 Å². The standard InChI is InChI=1S/C20H28O5/c1-6-11(2)17(21)25-16-15-13(4)18(22)24-14(15)10-20(23)9-7-8-12(3)19(16,20)5/h6,12,14,16,23H,7-10H2,1-5H3/b11-6-/t12-,14-,16+,19-,20-/m1/s1. The highest BCUT2D eigenvalue weighted by atomic mass is 16.6. The van der Waals surface area contributed by atoms with Gasteiger partial charge in [0.05, 0.1) is 5.60 Å². The molecule has 0 aromatic rings. The highest BCUT2D eigenvalue weighted by molar-refractivity contribution is 5.93. The molecule has 2 saturated carbocycles. The van der Waals surface area contributed by atoms with Crippen molar-refractivity contribution in [2.24, 2.45) is 11.3 Å². The molecule has 5 nitrogen and oxygen atoms in total. The summed E-state index contributed by atoms with van der Waals surface area (Å²) in [6, 6.07) is 0. The van der Waals surface area contributed by atoms with Crippen LogP contribution in [0, 0.1) is 11.3 Å². The fourth-order valence-corrected chi connectivity index (χ4v) is 4.84. The smallest absolute Gasteiger partial charge is 0.334 e. The molecule has 0 amide bonds. The molecule has 25 heavy (non-hydrogen) atoms. The van der Waals surface area contributed by atoms with Gasteiger partial charge in [-0.1, -0.05) is 26.3 Å². The van der Waals surface area contributed by atoms with Gasteiger partial charge in [0, 0.05) is 28.6 Å². The molecule has 0 aromatic carbocycles. The largest absolute Gasteiger partial charge is 0.454 e. The van der Waals surface area contributed by atoms with Gasteiger partial charge in [-0.05, 0) is 39.5 Å². The molecule has 0 radical (unpaired) electrons. The van der Waals surface area contributed by atoms with E-state index in [9.17, 15) is 14.7 Å². The van der Waals surface area contributed by atoms with E-state index in [-0.39, 0.29) is 11.9 Å². The third kappa shape index (κ3) is 2.47. The second-order valence-corrected chi connectivity index (χ2v) is 8.04. The highest BCUT2D eigenvalue weighted by Crippen LogP contribution is 2.59. The van der Waals surface area contributed by atoms with Crippen molar-refractivity contribution < 1.29 is 24.2 Å². The lowest BCUT2D eigenvalue weighted by molar-refractivity contribution is -0.217. The van der Waals surface area contributed by atoms with Crippen LogP contribution in [0.25, 0.3) is 0 Å². The summed E-state index contributed by atoms with van der Waals surface area (Å²) in [6.07, 6.45) is 3.44. The topological polar surface area (TPSA) is 72.8 Å². The monoisotopic (exact) mass is 348 g/mol. The Labute approximate surface area is 149 Å². The Hall–Kier alpha value is -1.62. The summed E-state index contributed by atoms with van der Waals surface area (Å²) in [6.45, 7) is 9.32. The number of hydrogen-bond donors (Lipinski definition) is 1. The number of fused-ring (bicyclic) bond motifs is 2. The van der Waals surface area contributed by atoms with E-state index in [2.05, 4.69) is 6.92 Å². The minimum atomic E-state index is -1.02. The first-order valence-electron chi connectivity index (χ1n) is 9.13. The molecule has 2 fully saturated rings. The molecule has 1 heterocycles. The van der Waals surface area contributed by atoms with Gasteiger partial charge in [0.2, 0.25) is 0 Å². The summed E-state index contributed by atoms with van der Waals surface area (Å²) >= 11 is 0. The van der Waals surface area contributed by atoms with Crippen LogP contribution in [-0.4, -0.2) is 34.9 Å². The van der Waals surface area contributed by atoms with E-state index in [1.54, 1.807) is 26.8 Å². The number of esters is 2. The number of ether oxygens (including phenoxy) is 2. The predicted molar refractivity (Wildman–Crippen MR) is 92.6 cm³/mol. The van der Waals surface area contributed by atoms with Crippen molar-refractivity contribution in [1.29, 1.82) is 0 Å². The summed E-state index contributed by atoms with van der Waals surface area (Å²) < 4.78 is 11.4. The maximum absolute atomic E-state index is 12.5. The van der Waals surface area contributed by atoms with E-state index in [4.69, 9.17) is 9.47 Å². The predicted octanol–water partition coefficient (Wildman–Crippen LogP) is 3.07. The molecule has 138 valence electrons. The Morgan fingerprint density at radius 2 is 2.12 bits per heavy atom. The molecule has 3 rings (SSSR count). The minimum absolute atomic E-state index is 0.159. The van der Waals surface area contributed by atoms with Gasteiger partial charge in [0.25, 0.3) is 0 Å². The average molecular weight is 348 g/mol. The van der Waals surface area contributed by atoms with Gasteiger partial charge >= 0.3 is 11.9 Å².